The summed E-state index contributed by atoms with van der Waals surface area (Å²) in [5.74, 6) is 0. The minimum absolute atomic E-state index is 0.0223. The van der Waals surface area contributed by atoms with Crippen LogP contribution in [0, 0.1) is 0 Å². The van der Waals surface area contributed by atoms with Crippen LogP contribution in [0.2, 0.25) is 10.0 Å². The first-order valence-corrected chi connectivity index (χ1v) is 8.92. The highest BCUT2D eigenvalue weighted by atomic mass is 35.5. The second-order valence-corrected chi connectivity index (χ2v) is 7.56. The van der Waals surface area contributed by atoms with Crippen LogP contribution in [0.3, 0.4) is 0 Å². The topological polar surface area (TPSA) is 72.6 Å². The lowest BCUT2D eigenvalue weighted by atomic mass is 10.2. The molecule has 1 aliphatic heterocycles. The van der Waals surface area contributed by atoms with Crippen LogP contribution in [-0.4, -0.2) is 38.5 Å². The van der Waals surface area contributed by atoms with Crippen molar-refractivity contribution in [1.82, 2.24) is 4.31 Å². The van der Waals surface area contributed by atoms with Gasteiger partial charge in [0.05, 0.1) is 21.8 Å². The fourth-order valence-electron chi connectivity index (χ4n) is 2.30. The highest BCUT2D eigenvalue weighted by Gasteiger charge is 2.30. The average Bonchev–Trinajstić information content (AvgIpc) is 2.94. The van der Waals surface area contributed by atoms with Gasteiger partial charge in [-0.3, -0.25) is 0 Å². The summed E-state index contributed by atoms with van der Waals surface area (Å²) in [6, 6.07) is 2.82. The molecule has 2 N–H and O–H groups in total. The Hall–Kier alpha value is -0.530. The van der Waals surface area contributed by atoms with Gasteiger partial charge in [-0.25, -0.2) is 8.42 Å². The molecule has 0 spiro atoms. The SMILES string of the molecule is CCN(CC1CCCO1)S(=O)(=O)c1ccc(Cl)c(N)c1Cl. The van der Waals surface area contributed by atoms with E-state index in [0.29, 0.717) is 19.7 Å². The van der Waals surface area contributed by atoms with Crippen molar-refractivity contribution in [3.05, 3.63) is 22.2 Å². The normalized spacial score (nSPS) is 19.3. The molecule has 1 aromatic carbocycles. The van der Waals surface area contributed by atoms with Crippen LogP contribution in [0.25, 0.3) is 0 Å². The molecule has 0 bridgehead atoms. The molecule has 1 heterocycles. The minimum atomic E-state index is -3.73. The highest BCUT2D eigenvalue weighted by Crippen LogP contribution is 2.34. The van der Waals surface area contributed by atoms with Crippen molar-refractivity contribution in [3.8, 4) is 0 Å². The van der Waals surface area contributed by atoms with Crippen LogP contribution >= 0.6 is 23.2 Å². The predicted molar refractivity (Wildman–Crippen MR) is 84.3 cm³/mol. The number of likely N-dealkylation sites (N-methyl/N-ethyl adjacent to an activating group) is 1. The first-order chi connectivity index (χ1) is 9.87. The second-order valence-electron chi connectivity index (χ2n) is 4.86. The molecule has 5 nitrogen and oxygen atoms in total. The van der Waals surface area contributed by atoms with Gasteiger partial charge in [0.25, 0.3) is 0 Å². The fraction of sp³-hybridized carbons (Fsp3) is 0.538. The van der Waals surface area contributed by atoms with E-state index in [-0.39, 0.29) is 26.7 Å². The van der Waals surface area contributed by atoms with Crippen LogP contribution < -0.4 is 5.73 Å². The lowest BCUT2D eigenvalue weighted by Crippen LogP contribution is -2.37. The summed E-state index contributed by atoms with van der Waals surface area (Å²) in [5, 5.41) is 0.203. The fourth-order valence-corrected chi connectivity index (χ4v) is 4.52. The number of ether oxygens (including phenoxy) is 1. The summed E-state index contributed by atoms with van der Waals surface area (Å²) in [7, 11) is -3.73. The van der Waals surface area contributed by atoms with Crippen molar-refractivity contribution >= 4 is 38.9 Å². The Morgan fingerprint density at radius 3 is 2.71 bits per heavy atom. The molecule has 21 heavy (non-hydrogen) atoms. The smallest absolute Gasteiger partial charge is 0.244 e. The van der Waals surface area contributed by atoms with Gasteiger partial charge in [0.15, 0.2) is 0 Å². The Balaban J connectivity index is 2.32. The number of sulfonamides is 1. The van der Waals surface area contributed by atoms with Crippen LogP contribution in [0.15, 0.2) is 17.0 Å². The van der Waals surface area contributed by atoms with Crippen molar-refractivity contribution in [2.45, 2.75) is 30.8 Å². The number of nitrogens with zero attached hydrogens (tertiary/aromatic N) is 1. The van der Waals surface area contributed by atoms with Gasteiger partial charge in [-0.15, -0.1) is 0 Å². The Labute approximate surface area is 135 Å². The maximum absolute atomic E-state index is 12.7. The van der Waals surface area contributed by atoms with E-state index in [2.05, 4.69) is 0 Å². The van der Waals surface area contributed by atoms with Gasteiger partial charge in [-0.05, 0) is 25.0 Å². The van der Waals surface area contributed by atoms with Gasteiger partial charge in [0, 0.05) is 19.7 Å². The zero-order chi connectivity index (χ0) is 15.6. The summed E-state index contributed by atoms with van der Waals surface area (Å²) in [6.07, 6.45) is 1.75. The van der Waals surface area contributed by atoms with Gasteiger partial charge < -0.3 is 10.5 Å². The van der Waals surface area contributed by atoms with E-state index < -0.39 is 10.0 Å². The highest BCUT2D eigenvalue weighted by molar-refractivity contribution is 7.89. The van der Waals surface area contributed by atoms with Gasteiger partial charge in [-0.2, -0.15) is 4.31 Å². The van der Waals surface area contributed by atoms with Crippen LogP contribution in [0.5, 0.6) is 0 Å². The maximum atomic E-state index is 12.7. The monoisotopic (exact) mass is 352 g/mol. The lowest BCUT2D eigenvalue weighted by Gasteiger charge is -2.24. The van der Waals surface area contributed by atoms with E-state index in [1.54, 1.807) is 6.92 Å². The molecule has 1 saturated heterocycles. The van der Waals surface area contributed by atoms with Crippen molar-refractivity contribution in [3.63, 3.8) is 0 Å². The van der Waals surface area contributed by atoms with Gasteiger partial charge in [0.1, 0.15) is 4.90 Å². The van der Waals surface area contributed by atoms with E-state index in [4.69, 9.17) is 33.7 Å². The molecule has 1 atom stereocenters. The van der Waals surface area contributed by atoms with Crippen molar-refractivity contribution < 1.29 is 13.2 Å². The molecule has 0 aromatic heterocycles. The number of nitrogen functional groups attached to an aromatic ring is 1. The minimum Gasteiger partial charge on any atom is -0.396 e. The Bertz CT molecular complexity index is 616. The largest absolute Gasteiger partial charge is 0.396 e. The lowest BCUT2D eigenvalue weighted by molar-refractivity contribution is 0.0947. The third-order valence-corrected chi connectivity index (χ3v) is 6.32. The van der Waals surface area contributed by atoms with Gasteiger partial charge in [-0.1, -0.05) is 30.1 Å². The Kier molecular flexibility index (Phi) is 5.38. The molecular weight excluding hydrogens is 335 g/mol. The maximum Gasteiger partial charge on any atom is 0.244 e. The molecule has 2 rings (SSSR count). The van der Waals surface area contributed by atoms with Gasteiger partial charge in [0.2, 0.25) is 10.0 Å². The van der Waals surface area contributed by atoms with Crippen molar-refractivity contribution in [2.75, 3.05) is 25.4 Å². The molecule has 0 radical (unpaired) electrons. The summed E-state index contributed by atoms with van der Waals surface area (Å²) in [6.45, 7) is 3.11. The Morgan fingerprint density at radius 2 is 2.14 bits per heavy atom. The quantitative estimate of drug-likeness (QED) is 0.827. The average molecular weight is 353 g/mol. The molecule has 118 valence electrons. The van der Waals surface area contributed by atoms with E-state index in [1.807, 2.05) is 0 Å². The molecule has 0 aliphatic carbocycles. The summed E-state index contributed by atoms with van der Waals surface area (Å²) in [4.78, 5) is -0.0223. The summed E-state index contributed by atoms with van der Waals surface area (Å²) in [5.41, 5.74) is 5.79. The first-order valence-electron chi connectivity index (χ1n) is 6.73. The molecule has 8 heteroatoms. The third kappa shape index (κ3) is 3.46. The second kappa shape index (κ2) is 6.71. The van der Waals surface area contributed by atoms with E-state index in [0.717, 1.165) is 12.8 Å². The predicted octanol–water partition coefficient (Wildman–Crippen LogP) is 2.77. The van der Waals surface area contributed by atoms with Crippen molar-refractivity contribution in [1.29, 1.82) is 0 Å². The molecule has 1 unspecified atom stereocenters. The van der Waals surface area contributed by atoms with E-state index in [1.165, 1.54) is 16.4 Å². The zero-order valence-electron chi connectivity index (χ0n) is 11.7. The number of hydrogen-bond acceptors (Lipinski definition) is 4. The molecule has 1 fully saturated rings. The number of rotatable bonds is 5. The number of anilines is 1. The zero-order valence-corrected chi connectivity index (χ0v) is 14.0. The molecule has 1 aliphatic rings. The standard InChI is InChI=1S/C13H18Cl2N2O3S/c1-2-17(8-9-4-3-7-20-9)21(18,19)11-6-5-10(14)13(16)12(11)15/h5-6,9H,2-4,7-8,16H2,1H3. The van der Waals surface area contributed by atoms with Crippen LogP contribution in [-0.2, 0) is 14.8 Å². The van der Waals surface area contributed by atoms with Crippen LogP contribution in [0.4, 0.5) is 5.69 Å². The molecular formula is C13H18Cl2N2O3S. The van der Waals surface area contributed by atoms with Crippen molar-refractivity contribution in [2.24, 2.45) is 0 Å². The number of nitrogens with two attached hydrogens (primary N) is 1. The van der Waals surface area contributed by atoms with E-state index >= 15 is 0 Å². The van der Waals surface area contributed by atoms with Gasteiger partial charge >= 0.3 is 0 Å². The molecule has 0 saturated carbocycles. The van der Waals surface area contributed by atoms with Crippen LogP contribution in [0.1, 0.15) is 19.8 Å². The Morgan fingerprint density at radius 1 is 1.43 bits per heavy atom. The van der Waals surface area contributed by atoms with E-state index in [9.17, 15) is 8.42 Å². The number of hydrogen-bond donors (Lipinski definition) is 1. The molecule has 1 aromatic rings. The number of benzene rings is 1. The summed E-state index contributed by atoms with van der Waals surface area (Å²) >= 11 is 11.9. The molecule has 0 amide bonds. The number of halogens is 2. The summed E-state index contributed by atoms with van der Waals surface area (Å²) < 4.78 is 32.3. The first kappa shape index (κ1) is 16.8. The third-order valence-electron chi connectivity index (χ3n) is 3.49.